The van der Waals surface area contributed by atoms with Crippen LogP contribution < -0.4 is 0 Å². The largest absolute Gasteiger partial charge is 0.382 e. The summed E-state index contributed by atoms with van der Waals surface area (Å²) in [5, 5.41) is 0. The molecule has 0 atom stereocenters. The van der Waals surface area contributed by atoms with Gasteiger partial charge in [0.25, 0.3) is 0 Å². The lowest BCUT2D eigenvalue weighted by molar-refractivity contribution is 0.0881. The van der Waals surface area contributed by atoms with Crippen LogP contribution in [0.3, 0.4) is 0 Å². The van der Waals surface area contributed by atoms with Gasteiger partial charge in [0.1, 0.15) is 0 Å². The van der Waals surface area contributed by atoms with Crippen LogP contribution in [-0.2, 0) is 4.74 Å². The summed E-state index contributed by atoms with van der Waals surface area (Å²) in [5.41, 5.74) is 0. The molecule has 0 spiro atoms. The van der Waals surface area contributed by atoms with Gasteiger partial charge in [0.2, 0.25) is 0 Å². The molecule has 2 heterocycles. The molecule has 21 heavy (non-hydrogen) atoms. The average molecular weight is 296 g/mol. The van der Waals surface area contributed by atoms with Crippen molar-refractivity contribution in [2.75, 3.05) is 45.9 Å². The van der Waals surface area contributed by atoms with Crippen molar-refractivity contribution >= 4 is 0 Å². The van der Waals surface area contributed by atoms with E-state index in [9.17, 15) is 0 Å². The Labute approximate surface area is 132 Å². The lowest BCUT2D eigenvalue weighted by Gasteiger charge is -2.38. The summed E-state index contributed by atoms with van der Waals surface area (Å²) in [4.78, 5) is 5.36. The van der Waals surface area contributed by atoms with E-state index in [2.05, 4.69) is 30.6 Å². The highest BCUT2D eigenvalue weighted by Gasteiger charge is 2.25. The van der Waals surface area contributed by atoms with Crippen LogP contribution in [0.1, 0.15) is 52.9 Å². The van der Waals surface area contributed by atoms with E-state index in [-0.39, 0.29) is 0 Å². The van der Waals surface area contributed by atoms with E-state index >= 15 is 0 Å². The van der Waals surface area contributed by atoms with Crippen LogP contribution >= 0.6 is 0 Å². The molecular formula is C18H36N2O. The summed E-state index contributed by atoms with van der Waals surface area (Å²) < 4.78 is 5.50. The number of hydrogen-bond donors (Lipinski definition) is 0. The van der Waals surface area contributed by atoms with Crippen molar-refractivity contribution in [3.05, 3.63) is 0 Å². The lowest BCUT2D eigenvalue weighted by atomic mass is 9.91. The molecule has 0 aromatic heterocycles. The smallest absolute Gasteiger partial charge is 0.0468 e. The molecule has 0 saturated carbocycles. The Balaban J connectivity index is 1.59. The molecule has 0 amide bonds. The minimum Gasteiger partial charge on any atom is -0.382 e. The highest BCUT2D eigenvalue weighted by atomic mass is 16.5. The molecule has 0 unspecified atom stereocenters. The van der Waals surface area contributed by atoms with Gasteiger partial charge in [0.15, 0.2) is 0 Å². The molecule has 3 nitrogen and oxygen atoms in total. The second-order valence-corrected chi connectivity index (χ2v) is 7.30. The van der Waals surface area contributed by atoms with Gasteiger partial charge in [-0.2, -0.15) is 0 Å². The molecule has 2 rings (SSSR count). The predicted octanol–water partition coefficient (Wildman–Crippen LogP) is 3.25. The van der Waals surface area contributed by atoms with Crippen molar-refractivity contribution in [3.63, 3.8) is 0 Å². The van der Waals surface area contributed by atoms with E-state index in [0.29, 0.717) is 0 Å². The van der Waals surface area contributed by atoms with Crippen molar-refractivity contribution in [1.29, 1.82) is 0 Å². The normalized spacial score (nSPS) is 24.0. The quantitative estimate of drug-likeness (QED) is 0.671. The maximum atomic E-state index is 5.50. The van der Waals surface area contributed by atoms with Gasteiger partial charge in [0.05, 0.1) is 0 Å². The van der Waals surface area contributed by atoms with Crippen LogP contribution in [0.4, 0.5) is 0 Å². The van der Waals surface area contributed by atoms with Crippen LogP contribution in [0.2, 0.25) is 0 Å². The molecule has 0 bridgehead atoms. The summed E-state index contributed by atoms with van der Waals surface area (Å²) >= 11 is 0. The predicted molar refractivity (Wildman–Crippen MR) is 89.7 cm³/mol. The zero-order valence-electron chi connectivity index (χ0n) is 14.5. The zero-order valence-corrected chi connectivity index (χ0v) is 14.5. The highest BCUT2D eigenvalue weighted by Crippen LogP contribution is 2.24. The molecule has 0 aromatic carbocycles. The van der Waals surface area contributed by atoms with Crippen LogP contribution in [0, 0.1) is 11.8 Å². The molecule has 3 heteroatoms. The molecule has 0 N–H and O–H groups in total. The summed E-state index contributed by atoms with van der Waals surface area (Å²) in [5.74, 6) is 1.86. The van der Waals surface area contributed by atoms with Crippen LogP contribution in [0.15, 0.2) is 0 Å². The number of likely N-dealkylation sites (tertiary alicyclic amines) is 2. The Morgan fingerprint density at radius 2 is 1.57 bits per heavy atom. The Morgan fingerprint density at radius 1 is 0.952 bits per heavy atom. The molecule has 2 saturated heterocycles. The summed E-state index contributed by atoms with van der Waals surface area (Å²) in [6.45, 7) is 15.2. The Bertz CT molecular complexity index is 266. The fourth-order valence-electron chi connectivity index (χ4n) is 3.87. The molecule has 2 aliphatic heterocycles. The van der Waals surface area contributed by atoms with E-state index in [1.54, 1.807) is 0 Å². The minimum atomic E-state index is 0.729. The summed E-state index contributed by atoms with van der Waals surface area (Å²) in [6, 6.07) is 0.729. The van der Waals surface area contributed by atoms with Gasteiger partial charge in [-0.15, -0.1) is 0 Å². The van der Waals surface area contributed by atoms with E-state index in [4.69, 9.17) is 4.74 Å². The number of hydrogen-bond acceptors (Lipinski definition) is 3. The van der Waals surface area contributed by atoms with Gasteiger partial charge in [-0.3, -0.25) is 0 Å². The lowest BCUT2D eigenvalue weighted by Crippen LogP contribution is -2.43. The second kappa shape index (κ2) is 9.12. The number of rotatable bonds is 7. The molecule has 2 fully saturated rings. The first-order valence-electron chi connectivity index (χ1n) is 9.23. The van der Waals surface area contributed by atoms with Crippen LogP contribution in [0.5, 0.6) is 0 Å². The van der Waals surface area contributed by atoms with Crippen molar-refractivity contribution in [3.8, 4) is 0 Å². The number of nitrogens with zero attached hydrogens (tertiary/aromatic N) is 2. The maximum Gasteiger partial charge on any atom is 0.0468 e. The first-order valence-corrected chi connectivity index (χ1v) is 9.23. The standard InChI is InChI=1S/C18H36N2O/c1-4-21-14-9-17-5-10-19(11-6-17)15-18-7-12-20(13-8-18)16(2)3/h16-18H,4-15H2,1-3H3. The third-order valence-electron chi connectivity index (χ3n) is 5.48. The van der Waals surface area contributed by atoms with Gasteiger partial charge >= 0.3 is 0 Å². The second-order valence-electron chi connectivity index (χ2n) is 7.30. The molecule has 2 aliphatic rings. The third-order valence-corrected chi connectivity index (χ3v) is 5.48. The zero-order chi connectivity index (χ0) is 15.1. The summed E-state index contributed by atoms with van der Waals surface area (Å²) in [7, 11) is 0. The fraction of sp³-hybridized carbons (Fsp3) is 1.00. The van der Waals surface area contributed by atoms with Crippen LogP contribution in [0.25, 0.3) is 0 Å². The van der Waals surface area contributed by atoms with E-state index < -0.39 is 0 Å². The van der Waals surface area contributed by atoms with E-state index in [0.717, 1.165) is 31.1 Å². The maximum absolute atomic E-state index is 5.50. The van der Waals surface area contributed by atoms with Crippen molar-refractivity contribution in [2.45, 2.75) is 58.9 Å². The average Bonchev–Trinajstić information content (AvgIpc) is 2.50. The molecule has 0 aliphatic carbocycles. The van der Waals surface area contributed by atoms with Crippen LogP contribution in [-0.4, -0.2) is 61.8 Å². The van der Waals surface area contributed by atoms with Crippen molar-refractivity contribution in [2.24, 2.45) is 11.8 Å². The number of piperidine rings is 2. The third kappa shape index (κ3) is 5.88. The first-order chi connectivity index (χ1) is 10.2. The van der Waals surface area contributed by atoms with Gasteiger partial charge in [-0.1, -0.05) is 0 Å². The minimum absolute atomic E-state index is 0.729. The van der Waals surface area contributed by atoms with Gasteiger partial charge in [-0.25, -0.2) is 0 Å². The van der Waals surface area contributed by atoms with Crippen molar-refractivity contribution in [1.82, 2.24) is 9.80 Å². The molecule has 0 aromatic rings. The Hall–Kier alpha value is -0.120. The highest BCUT2D eigenvalue weighted by molar-refractivity contribution is 4.79. The molecule has 0 radical (unpaired) electrons. The van der Waals surface area contributed by atoms with Gasteiger partial charge in [-0.05, 0) is 90.9 Å². The number of ether oxygens (including phenoxy) is 1. The molecular weight excluding hydrogens is 260 g/mol. The monoisotopic (exact) mass is 296 g/mol. The fourth-order valence-corrected chi connectivity index (χ4v) is 3.87. The van der Waals surface area contributed by atoms with Gasteiger partial charge < -0.3 is 14.5 Å². The van der Waals surface area contributed by atoms with E-state index in [1.807, 2.05) is 0 Å². The molecule has 124 valence electrons. The Kier molecular flexibility index (Phi) is 7.48. The van der Waals surface area contributed by atoms with E-state index in [1.165, 1.54) is 64.8 Å². The Morgan fingerprint density at radius 3 is 2.14 bits per heavy atom. The SMILES string of the molecule is CCOCCC1CCN(CC2CCN(C(C)C)CC2)CC1. The topological polar surface area (TPSA) is 15.7 Å². The first kappa shape index (κ1) is 17.2. The summed E-state index contributed by atoms with van der Waals surface area (Å²) in [6.07, 6.45) is 6.86. The van der Waals surface area contributed by atoms with Crippen molar-refractivity contribution < 1.29 is 4.74 Å². The van der Waals surface area contributed by atoms with Gasteiger partial charge in [0, 0.05) is 25.8 Å².